The Kier molecular flexibility index (Phi) is 3.15. The van der Waals surface area contributed by atoms with E-state index in [1.807, 2.05) is 18.3 Å². The summed E-state index contributed by atoms with van der Waals surface area (Å²) in [5, 5.41) is 1.18. The number of fused-ring (bicyclic) bond motifs is 1. The van der Waals surface area contributed by atoms with E-state index >= 15 is 0 Å². The van der Waals surface area contributed by atoms with Gasteiger partial charge in [-0.3, -0.25) is 4.98 Å². The fourth-order valence-electron chi connectivity index (χ4n) is 2.34. The monoisotopic (exact) mass is 248 g/mol. The average molecular weight is 248 g/mol. The third-order valence-electron chi connectivity index (χ3n) is 3.29. The van der Waals surface area contributed by atoms with Crippen LogP contribution >= 0.6 is 0 Å². The molecule has 0 bridgehead atoms. The summed E-state index contributed by atoms with van der Waals surface area (Å²) in [5.74, 6) is 0. The van der Waals surface area contributed by atoms with Crippen molar-refractivity contribution in [1.82, 2.24) is 4.98 Å². The first-order valence-corrected chi connectivity index (χ1v) is 6.43. The summed E-state index contributed by atoms with van der Waals surface area (Å²) in [6.45, 7) is 0.885. The number of pyridine rings is 1. The molecule has 1 aromatic heterocycles. The fraction of sp³-hybridized carbons (Fsp3) is 0.118. The van der Waals surface area contributed by atoms with Crippen molar-refractivity contribution >= 4 is 16.6 Å². The first-order chi connectivity index (χ1) is 9.34. The molecule has 0 N–H and O–H groups in total. The summed E-state index contributed by atoms with van der Waals surface area (Å²) in [6.07, 6.45) is 1.85. The molecule has 3 rings (SSSR count). The summed E-state index contributed by atoms with van der Waals surface area (Å²) in [4.78, 5) is 6.74. The Bertz CT molecular complexity index is 672. The SMILES string of the molecule is CN(Cc1ccccc1)c1cccc2cccnc12. The van der Waals surface area contributed by atoms with Crippen molar-refractivity contribution in [3.05, 3.63) is 72.4 Å². The second-order valence-electron chi connectivity index (χ2n) is 4.69. The van der Waals surface area contributed by atoms with Crippen LogP contribution in [-0.2, 0) is 6.54 Å². The highest BCUT2D eigenvalue weighted by Gasteiger charge is 2.07. The van der Waals surface area contributed by atoms with E-state index in [1.165, 1.54) is 16.6 Å². The summed E-state index contributed by atoms with van der Waals surface area (Å²) >= 11 is 0. The molecule has 0 amide bonds. The topological polar surface area (TPSA) is 16.1 Å². The number of benzene rings is 2. The van der Waals surface area contributed by atoms with Gasteiger partial charge in [-0.2, -0.15) is 0 Å². The van der Waals surface area contributed by atoms with E-state index < -0.39 is 0 Å². The van der Waals surface area contributed by atoms with Crippen LogP contribution in [-0.4, -0.2) is 12.0 Å². The number of rotatable bonds is 3. The molecule has 0 saturated carbocycles. The first-order valence-electron chi connectivity index (χ1n) is 6.43. The van der Waals surface area contributed by atoms with Crippen LogP contribution in [0.4, 0.5) is 5.69 Å². The summed E-state index contributed by atoms with van der Waals surface area (Å²) in [7, 11) is 2.11. The Balaban J connectivity index is 1.96. The Hall–Kier alpha value is -2.35. The molecule has 0 aliphatic rings. The van der Waals surface area contributed by atoms with Crippen LogP contribution < -0.4 is 4.90 Å². The number of para-hydroxylation sites is 1. The summed E-state index contributed by atoms with van der Waals surface area (Å²) in [5.41, 5.74) is 3.53. The van der Waals surface area contributed by atoms with E-state index in [4.69, 9.17) is 0 Å². The molecule has 0 saturated heterocycles. The van der Waals surface area contributed by atoms with Crippen molar-refractivity contribution in [3.63, 3.8) is 0 Å². The van der Waals surface area contributed by atoms with E-state index in [0.29, 0.717) is 0 Å². The zero-order valence-electron chi connectivity index (χ0n) is 11.0. The van der Waals surface area contributed by atoms with E-state index in [2.05, 4.69) is 65.5 Å². The van der Waals surface area contributed by atoms with Gasteiger partial charge in [0.25, 0.3) is 0 Å². The van der Waals surface area contributed by atoms with Gasteiger partial charge in [0.05, 0.1) is 11.2 Å². The molecule has 2 nitrogen and oxygen atoms in total. The lowest BCUT2D eigenvalue weighted by Crippen LogP contribution is -2.16. The molecule has 1 heterocycles. The number of anilines is 1. The largest absolute Gasteiger partial charge is 0.369 e. The lowest BCUT2D eigenvalue weighted by Gasteiger charge is -2.20. The van der Waals surface area contributed by atoms with Gasteiger partial charge in [0.15, 0.2) is 0 Å². The molecule has 19 heavy (non-hydrogen) atoms. The van der Waals surface area contributed by atoms with Gasteiger partial charge < -0.3 is 4.90 Å². The summed E-state index contributed by atoms with van der Waals surface area (Å²) < 4.78 is 0. The summed E-state index contributed by atoms with van der Waals surface area (Å²) in [6, 6.07) is 20.9. The van der Waals surface area contributed by atoms with Crippen LogP contribution in [0.25, 0.3) is 10.9 Å². The van der Waals surface area contributed by atoms with Gasteiger partial charge in [0.1, 0.15) is 0 Å². The van der Waals surface area contributed by atoms with Crippen molar-refractivity contribution in [1.29, 1.82) is 0 Å². The highest BCUT2D eigenvalue weighted by molar-refractivity contribution is 5.90. The van der Waals surface area contributed by atoms with Crippen molar-refractivity contribution < 1.29 is 0 Å². The molecular weight excluding hydrogens is 232 g/mol. The lowest BCUT2D eigenvalue weighted by atomic mass is 10.1. The lowest BCUT2D eigenvalue weighted by molar-refractivity contribution is 0.926. The minimum Gasteiger partial charge on any atom is -0.369 e. The smallest absolute Gasteiger partial charge is 0.0935 e. The van der Waals surface area contributed by atoms with Crippen molar-refractivity contribution in [2.45, 2.75) is 6.54 Å². The number of hydrogen-bond donors (Lipinski definition) is 0. The fourth-order valence-corrected chi connectivity index (χ4v) is 2.34. The molecule has 0 aliphatic carbocycles. The van der Waals surface area contributed by atoms with Gasteiger partial charge in [0, 0.05) is 25.2 Å². The van der Waals surface area contributed by atoms with E-state index in [0.717, 1.165) is 12.1 Å². The maximum absolute atomic E-state index is 4.50. The molecule has 0 atom stereocenters. The Morgan fingerprint density at radius 2 is 1.68 bits per heavy atom. The third-order valence-corrected chi connectivity index (χ3v) is 3.29. The van der Waals surface area contributed by atoms with Crippen molar-refractivity contribution in [3.8, 4) is 0 Å². The second kappa shape index (κ2) is 5.11. The van der Waals surface area contributed by atoms with Crippen LogP contribution in [0.5, 0.6) is 0 Å². The molecule has 0 spiro atoms. The highest BCUT2D eigenvalue weighted by Crippen LogP contribution is 2.24. The zero-order valence-corrected chi connectivity index (χ0v) is 11.0. The molecule has 3 aromatic rings. The zero-order chi connectivity index (χ0) is 13.1. The van der Waals surface area contributed by atoms with Gasteiger partial charge in [-0.1, -0.05) is 48.5 Å². The quantitative estimate of drug-likeness (QED) is 0.699. The standard InChI is InChI=1S/C17H16N2/c1-19(13-14-7-3-2-4-8-14)16-11-5-9-15-10-6-12-18-17(15)16/h2-12H,13H2,1H3. The molecule has 2 aromatic carbocycles. The van der Waals surface area contributed by atoms with Crippen LogP contribution in [0.1, 0.15) is 5.56 Å². The van der Waals surface area contributed by atoms with Crippen molar-refractivity contribution in [2.75, 3.05) is 11.9 Å². The van der Waals surface area contributed by atoms with Crippen LogP contribution in [0, 0.1) is 0 Å². The van der Waals surface area contributed by atoms with Gasteiger partial charge in [-0.15, -0.1) is 0 Å². The Morgan fingerprint density at radius 1 is 0.895 bits per heavy atom. The van der Waals surface area contributed by atoms with Crippen LogP contribution in [0.3, 0.4) is 0 Å². The third kappa shape index (κ3) is 2.43. The maximum Gasteiger partial charge on any atom is 0.0935 e. The number of aromatic nitrogens is 1. The number of hydrogen-bond acceptors (Lipinski definition) is 2. The molecule has 0 aliphatic heterocycles. The van der Waals surface area contributed by atoms with Crippen LogP contribution in [0.2, 0.25) is 0 Å². The second-order valence-corrected chi connectivity index (χ2v) is 4.69. The van der Waals surface area contributed by atoms with Gasteiger partial charge >= 0.3 is 0 Å². The highest BCUT2D eigenvalue weighted by atomic mass is 15.1. The molecule has 0 unspecified atom stereocenters. The maximum atomic E-state index is 4.50. The van der Waals surface area contributed by atoms with Crippen LogP contribution in [0.15, 0.2) is 66.9 Å². The molecular formula is C17H16N2. The Labute approximate surface area is 113 Å². The van der Waals surface area contributed by atoms with E-state index in [-0.39, 0.29) is 0 Å². The average Bonchev–Trinajstić information content (AvgIpc) is 2.47. The Morgan fingerprint density at radius 3 is 2.53 bits per heavy atom. The minimum absolute atomic E-state index is 0.885. The molecule has 94 valence electrons. The van der Waals surface area contributed by atoms with Gasteiger partial charge in [0.2, 0.25) is 0 Å². The minimum atomic E-state index is 0.885. The van der Waals surface area contributed by atoms with Gasteiger partial charge in [-0.05, 0) is 17.7 Å². The van der Waals surface area contributed by atoms with E-state index in [9.17, 15) is 0 Å². The number of nitrogens with zero attached hydrogens (tertiary/aromatic N) is 2. The predicted molar refractivity (Wildman–Crippen MR) is 80.3 cm³/mol. The molecule has 0 radical (unpaired) electrons. The predicted octanol–water partition coefficient (Wildman–Crippen LogP) is 3.87. The van der Waals surface area contributed by atoms with Crippen molar-refractivity contribution in [2.24, 2.45) is 0 Å². The van der Waals surface area contributed by atoms with Gasteiger partial charge in [-0.25, -0.2) is 0 Å². The normalized spacial score (nSPS) is 10.6. The van der Waals surface area contributed by atoms with E-state index in [1.54, 1.807) is 0 Å². The molecule has 0 fully saturated rings. The first kappa shape index (κ1) is 11.7. The molecule has 2 heteroatoms.